The number of fused-ring (bicyclic) bond motifs is 4. The highest BCUT2D eigenvalue weighted by atomic mass is 16.5. The number of carbonyl (C=O) groups is 2. The second-order valence-corrected chi connectivity index (χ2v) is 6.54. The molecule has 0 aromatic carbocycles. The number of hydrogen-bond acceptors (Lipinski definition) is 3. The predicted octanol–water partition coefficient (Wildman–Crippen LogP) is 0.899. The summed E-state index contributed by atoms with van der Waals surface area (Å²) in [4.78, 5) is 26.2. The van der Waals surface area contributed by atoms with Crippen molar-refractivity contribution < 1.29 is 19.4 Å². The molecular formula is C15H19NO4. The molecule has 1 amide bonds. The van der Waals surface area contributed by atoms with Crippen molar-refractivity contribution in [1.82, 2.24) is 4.90 Å². The van der Waals surface area contributed by atoms with Crippen molar-refractivity contribution in [2.24, 2.45) is 23.7 Å². The number of nitrogens with zero attached hydrogens (tertiary/aromatic N) is 1. The van der Waals surface area contributed by atoms with E-state index in [1.54, 1.807) is 0 Å². The highest BCUT2D eigenvalue weighted by molar-refractivity contribution is 5.87. The molecule has 3 fully saturated rings. The van der Waals surface area contributed by atoms with Crippen LogP contribution in [0.3, 0.4) is 0 Å². The number of rotatable bonds is 2. The van der Waals surface area contributed by atoms with Crippen molar-refractivity contribution in [1.29, 1.82) is 0 Å². The Kier molecular flexibility index (Phi) is 2.67. The normalized spacial score (nSPS) is 45.1. The van der Waals surface area contributed by atoms with Gasteiger partial charge in [0, 0.05) is 13.1 Å². The molecule has 1 N–H and O–H groups in total. The lowest BCUT2D eigenvalue weighted by atomic mass is 9.82. The van der Waals surface area contributed by atoms with Crippen LogP contribution in [0.15, 0.2) is 12.2 Å². The molecule has 0 aromatic heterocycles. The molecule has 0 spiro atoms. The summed E-state index contributed by atoms with van der Waals surface area (Å²) in [6, 6.07) is 0. The average Bonchev–Trinajstić information content (AvgIpc) is 3.11. The Bertz CT molecular complexity index is 476. The smallest absolute Gasteiger partial charge is 0.307 e. The highest BCUT2D eigenvalue weighted by Gasteiger charge is 2.53. The van der Waals surface area contributed by atoms with Crippen LogP contribution in [0, 0.1) is 23.7 Å². The summed E-state index contributed by atoms with van der Waals surface area (Å²) in [5.41, 5.74) is 0. The second kappa shape index (κ2) is 4.32. The van der Waals surface area contributed by atoms with Gasteiger partial charge in [0.2, 0.25) is 5.91 Å². The maximum atomic E-state index is 12.8. The maximum Gasteiger partial charge on any atom is 0.307 e. The minimum absolute atomic E-state index is 0.0365. The molecule has 2 saturated heterocycles. The summed E-state index contributed by atoms with van der Waals surface area (Å²) in [6.45, 7) is 1.28. The van der Waals surface area contributed by atoms with Crippen LogP contribution >= 0.6 is 0 Å². The van der Waals surface area contributed by atoms with Gasteiger partial charge >= 0.3 is 5.97 Å². The van der Waals surface area contributed by atoms with Crippen molar-refractivity contribution in [2.75, 3.05) is 13.1 Å². The zero-order valence-electron chi connectivity index (χ0n) is 11.3. The van der Waals surface area contributed by atoms with Gasteiger partial charge in [-0.3, -0.25) is 9.59 Å². The van der Waals surface area contributed by atoms with Crippen LogP contribution in [0.5, 0.6) is 0 Å². The second-order valence-electron chi connectivity index (χ2n) is 6.54. The largest absolute Gasteiger partial charge is 0.481 e. The van der Waals surface area contributed by atoms with Crippen molar-refractivity contribution in [2.45, 2.75) is 31.5 Å². The summed E-state index contributed by atoms with van der Waals surface area (Å²) in [6.07, 6.45) is 7.22. The molecule has 4 aliphatic rings. The van der Waals surface area contributed by atoms with Gasteiger partial charge in [-0.2, -0.15) is 0 Å². The van der Waals surface area contributed by atoms with E-state index in [2.05, 4.69) is 0 Å². The van der Waals surface area contributed by atoms with E-state index < -0.39 is 11.9 Å². The third-order valence-electron chi connectivity index (χ3n) is 5.38. The summed E-state index contributed by atoms with van der Waals surface area (Å²) in [5, 5.41) is 9.44. The van der Waals surface area contributed by atoms with E-state index in [4.69, 9.17) is 4.74 Å². The summed E-state index contributed by atoms with van der Waals surface area (Å²) >= 11 is 0. The van der Waals surface area contributed by atoms with Crippen molar-refractivity contribution in [3.63, 3.8) is 0 Å². The fourth-order valence-corrected chi connectivity index (χ4v) is 4.50. The van der Waals surface area contributed by atoms with E-state index in [9.17, 15) is 14.7 Å². The topological polar surface area (TPSA) is 66.8 Å². The Morgan fingerprint density at radius 2 is 1.65 bits per heavy atom. The Balaban J connectivity index is 1.56. The molecular weight excluding hydrogens is 258 g/mol. The number of hydrogen-bond donors (Lipinski definition) is 1. The van der Waals surface area contributed by atoms with E-state index >= 15 is 0 Å². The first-order valence-electron chi connectivity index (χ1n) is 7.49. The fraction of sp³-hybridized carbons (Fsp3) is 0.733. The number of carbonyl (C=O) groups excluding carboxylic acids is 1. The minimum Gasteiger partial charge on any atom is -0.481 e. The first kappa shape index (κ1) is 12.4. The van der Waals surface area contributed by atoms with Crippen LogP contribution < -0.4 is 0 Å². The van der Waals surface area contributed by atoms with E-state index in [1.807, 2.05) is 17.1 Å². The molecule has 2 heterocycles. The third kappa shape index (κ3) is 1.72. The van der Waals surface area contributed by atoms with Crippen LogP contribution in [0.2, 0.25) is 0 Å². The van der Waals surface area contributed by atoms with Crippen LogP contribution in [0.4, 0.5) is 0 Å². The maximum absolute atomic E-state index is 12.8. The van der Waals surface area contributed by atoms with Crippen LogP contribution in [-0.4, -0.2) is 47.2 Å². The van der Waals surface area contributed by atoms with Crippen molar-refractivity contribution in [3.05, 3.63) is 12.2 Å². The molecule has 1 saturated carbocycles. The van der Waals surface area contributed by atoms with Gasteiger partial charge in [0.05, 0.1) is 24.0 Å². The molecule has 4 rings (SSSR count). The zero-order chi connectivity index (χ0) is 13.9. The van der Waals surface area contributed by atoms with Crippen LogP contribution in [0.25, 0.3) is 0 Å². The summed E-state index contributed by atoms with van der Waals surface area (Å²) in [5.74, 6) is -1.51. The van der Waals surface area contributed by atoms with Crippen molar-refractivity contribution >= 4 is 11.9 Å². The number of aliphatic carboxylic acids is 1. The lowest BCUT2D eigenvalue weighted by Gasteiger charge is -2.36. The number of allylic oxidation sites excluding steroid dienone is 2. The van der Waals surface area contributed by atoms with Gasteiger partial charge in [-0.1, -0.05) is 12.2 Å². The average molecular weight is 277 g/mol. The quantitative estimate of drug-likeness (QED) is 0.762. The first-order valence-corrected chi connectivity index (χ1v) is 7.49. The molecule has 5 nitrogen and oxygen atoms in total. The molecule has 2 aliphatic heterocycles. The first-order chi connectivity index (χ1) is 9.63. The molecule has 2 aliphatic carbocycles. The van der Waals surface area contributed by atoms with Crippen molar-refractivity contribution in [3.8, 4) is 0 Å². The van der Waals surface area contributed by atoms with Gasteiger partial charge in [-0.25, -0.2) is 0 Å². The Morgan fingerprint density at radius 3 is 2.25 bits per heavy atom. The Morgan fingerprint density at radius 1 is 1.05 bits per heavy atom. The number of amides is 1. The number of likely N-dealkylation sites (tertiary alicyclic amines) is 1. The van der Waals surface area contributed by atoms with E-state index in [0.717, 1.165) is 19.3 Å². The number of ether oxygens (including phenoxy) is 1. The molecule has 6 unspecified atom stereocenters. The molecule has 108 valence electrons. The summed E-state index contributed by atoms with van der Waals surface area (Å²) in [7, 11) is 0. The monoisotopic (exact) mass is 277 g/mol. The zero-order valence-corrected chi connectivity index (χ0v) is 11.3. The van der Waals surface area contributed by atoms with Gasteiger partial charge in [-0.05, 0) is 31.1 Å². The minimum atomic E-state index is -0.823. The van der Waals surface area contributed by atoms with E-state index in [-0.39, 0.29) is 35.9 Å². The number of carboxylic acids is 1. The molecule has 5 heteroatoms. The van der Waals surface area contributed by atoms with E-state index in [1.165, 1.54) is 0 Å². The van der Waals surface area contributed by atoms with Gasteiger partial charge in [-0.15, -0.1) is 0 Å². The standard InChI is InChI=1S/C15H19NO4/c17-14(16-6-10-3-4-11(7-16)20-10)12-8-1-2-9(5-8)13(12)15(18)19/h1-2,8-13H,3-7H2,(H,18,19). The van der Waals surface area contributed by atoms with Gasteiger partial charge in [0.1, 0.15) is 0 Å². The molecule has 4 bridgehead atoms. The van der Waals surface area contributed by atoms with Crippen LogP contribution in [0.1, 0.15) is 19.3 Å². The molecule has 20 heavy (non-hydrogen) atoms. The SMILES string of the molecule is O=C(O)C1C2C=CC(C2)C1C(=O)N1CC2CCC(C1)O2. The van der Waals surface area contributed by atoms with Gasteiger partial charge < -0.3 is 14.7 Å². The predicted molar refractivity (Wildman–Crippen MR) is 69.8 cm³/mol. The lowest BCUT2D eigenvalue weighted by Crippen LogP contribution is -2.50. The van der Waals surface area contributed by atoms with Crippen LogP contribution in [-0.2, 0) is 14.3 Å². The number of morpholine rings is 1. The molecule has 0 radical (unpaired) electrons. The lowest BCUT2D eigenvalue weighted by molar-refractivity contribution is -0.154. The van der Waals surface area contributed by atoms with E-state index in [0.29, 0.717) is 13.1 Å². The summed E-state index contributed by atoms with van der Waals surface area (Å²) < 4.78 is 5.75. The van der Waals surface area contributed by atoms with Gasteiger partial charge in [0.15, 0.2) is 0 Å². The molecule has 0 aromatic rings. The third-order valence-corrected chi connectivity index (χ3v) is 5.38. The Labute approximate surface area is 117 Å². The highest BCUT2D eigenvalue weighted by Crippen LogP contribution is 2.49. The Hall–Kier alpha value is -1.36. The molecule has 6 atom stereocenters. The van der Waals surface area contributed by atoms with Gasteiger partial charge in [0.25, 0.3) is 0 Å². The number of carboxylic acid groups (broad SMARTS) is 1. The fourth-order valence-electron chi connectivity index (χ4n) is 4.50.